The number of nitrogens with zero attached hydrogens (tertiary/aromatic N) is 1. The fourth-order valence-electron chi connectivity index (χ4n) is 1.89. The lowest BCUT2D eigenvalue weighted by Crippen LogP contribution is -2.08. The molecule has 4 heteroatoms. The van der Waals surface area contributed by atoms with E-state index in [0.717, 1.165) is 22.3 Å². The van der Waals surface area contributed by atoms with Gasteiger partial charge in [-0.05, 0) is 36.4 Å². The Bertz CT molecular complexity index is 698. The second-order valence-corrected chi connectivity index (χ2v) is 4.57. The van der Waals surface area contributed by atoms with Crippen LogP contribution in [0.3, 0.4) is 0 Å². The van der Waals surface area contributed by atoms with Crippen LogP contribution in [0.25, 0.3) is 10.9 Å². The molecule has 0 saturated carbocycles. The lowest BCUT2D eigenvalue weighted by molar-refractivity contribution is 1.37. The van der Waals surface area contributed by atoms with Crippen LogP contribution in [0.5, 0.6) is 0 Å². The molecule has 2 N–H and O–H groups in total. The SMILES string of the molecule is Clc1ccc2c(NNc3ccccc3)ccnc2c1. The van der Waals surface area contributed by atoms with E-state index >= 15 is 0 Å². The van der Waals surface area contributed by atoms with Crippen molar-refractivity contribution in [3.8, 4) is 0 Å². The highest BCUT2D eigenvalue weighted by atomic mass is 35.5. The van der Waals surface area contributed by atoms with Crippen LogP contribution in [0, 0.1) is 0 Å². The third-order valence-corrected chi connectivity index (χ3v) is 3.06. The molecule has 0 amide bonds. The summed E-state index contributed by atoms with van der Waals surface area (Å²) in [5.41, 5.74) is 9.18. The van der Waals surface area contributed by atoms with Crippen molar-refractivity contribution in [1.29, 1.82) is 0 Å². The molecule has 1 aromatic heterocycles. The van der Waals surface area contributed by atoms with Gasteiger partial charge in [0.1, 0.15) is 0 Å². The Kier molecular flexibility index (Phi) is 3.21. The number of hydrogen-bond acceptors (Lipinski definition) is 3. The fraction of sp³-hybridized carbons (Fsp3) is 0. The molecule has 2 aromatic carbocycles. The van der Waals surface area contributed by atoms with Crippen LogP contribution in [-0.2, 0) is 0 Å². The molecule has 0 saturated heterocycles. The number of hydrazine groups is 1. The van der Waals surface area contributed by atoms with Gasteiger partial charge in [-0.25, -0.2) is 0 Å². The topological polar surface area (TPSA) is 37.0 Å². The molecule has 0 spiro atoms. The van der Waals surface area contributed by atoms with Crippen LogP contribution < -0.4 is 10.9 Å². The molecular formula is C15H12ClN3. The van der Waals surface area contributed by atoms with Crippen LogP contribution >= 0.6 is 11.6 Å². The molecule has 1 heterocycles. The minimum absolute atomic E-state index is 0.688. The number of para-hydroxylation sites is 1. The van der Waals surface area contributed by atoms with Gasteiger partial charge < -0.3 is 10.9 Å². The van der Waals surface area contributed by atoms with Crippen LogP contribution in [-0.4, -0.2) is 4.98 Å². The summed E-state index contributed by atoms with van der Waals surface area (Å²) >= 11 is 5.97. The van der Waals surface area contributed by atoms with Crippen molar-refractivity contribution in [3.05, 3.63) is 65.8 Å². The minimum atomic E-state index is 0.688. The zero-order chi connectivity index (χ0) is 13.1. The molecule has 0 atom stereocenters. The first-order chi connectivity index (χ1) is 9.33. The van der Waals surface area contributed by atoms with Crippen LogP contribution in [0.1, 0.15) is 0 Å². The quantitative estimate of drug-likeness (QED) is 0.695. The molecule has 3 aromatic rings. The standard InChI is InChI=1S/C15H12ClN3/c16-11-6-7-13-14(8-9-17-15(13)10-11)19-18-12-4-2-1-3-5-12/h1-10,18H,(H,17,19). The average Bonchev–Trinajstić information content (AvgIpc) is 2.45. The van der Waals surface area contributed by atoms with E-state index in [9.17, 15) is 0 Å². The third kappa shape index (κ3) is 2.61. The van der Waals surface area contributed by atoms with Gasteiger partial charge in [0.15, 0.2) is 0 Å². The number of anilines is 2. The van der Waals surface area contributed by atoms with Crippen molar-refractivity contribution in [1.82, 2.24) is 4.98 Å². The Morgan fingerprint density at radius 3 is 2.58 bits per heavy atom. The van der Waals surface area contributed by atoms with Gasteiger partial charge in [0.25, 0.3) is 0 Å². The summed E-state index contributed by atoms with van der Waals surface area (Å²) in [6.45, 7) is 0. The predicted molar refractivity (Wildman–Crippen MR) is 80.4 cm³/mol. The largest absolute Gasteiger partial charge is 0.301 e. The summed E-state index contributed by atoms with van der Waals surface area (Å²) in [4.78, 5) is 4.31. The van der Waals surface area contributed by atoms with Gasteiger partial charge in [-0.15, -0.1) is 0 Å². The minimum Gasteiger partial charge on any atom is -0.301 e. The first-order valence-corrected chi connectivity index (χ1v) is 6.32. The molecule has 0 bridgehead atoms. The van der Waals surface area contributed by atoms with E-state index in [1.54, 1.807) is 6.20 Å². The molecule has 0 aliphatic heterocycles. The first kappa shape index (κ1) is 11.8. The van der Waals surface area contributed by atoms with Gasteiger partial charge in [-0.2, -0.15) is 0 Å². The van der Waals surface area contributed by atoms with E-state index in [1.165, 1.54) is 0 Å². The van der Waals surface area contributed by atoms with Gasteiger partial charge in [0, 0.05) is 16.6 Å². The Hall–Kier alpha value is -2.26. The number of rotatable bonds is 3. The maximum absolute atomic E-state index is 5.97. The van der Waals surface area contributed by atoms with Crippen LogP contribution in [0.4, 0.5) is 11.4 Å². The fourth-order valence-corrected chi connectivity index (χ4v) is 2.06. The molecule has 3 nitrogen and oxygen atoms in total. The Morgan fingerprint density at radius 1 is 0.895 bits per heavy atom. The summed E-state index contributed by atoms with van der Waals surface area (Å²) in [6.07, 6.45) is 1.76. The lowest BCUT2D eigenvalue weighted by atomic mass is 10.2. The molecule has 0 aliphatic rings. The summed E-state index contributed by atoms with van der Waals surface area (Å²) in [5.74, 6) is 0. The van der Waals surface area contributed by atoms with Crippen molar-refractivity contribution in [2.75, 3.05) is 10.9 Å². The number of halogens is 1. The molecule has 3 rings (SSSR count). The highest BCUT2D eigenvalue weighted by Gasteiger charge is 2.02. The van der Waals surface area contributed by atoms with Gasteiger partial charge in [0.05, 0.1) is 16.9 Å². The van der Waals surface area contributed by atoms with Crippen molar-refractivity contribution in [3.63, 3.8) is 0 Å². The summed E-state index contributed by atoms with van der Waals surface area (Å²) < 4.78 is 0. The van der Waals surface area contributed by atoms with E-state index in [0.29, 0.717) is 5.02 Å². The van der Waals surface area contributed by atoms with E-state index in [1.807, 2.05) is 54.6 Å². The third-order valence-electron chi connectivity index (χ3n) is 2.82. The van der Waals surface area contributed by atoms with Crippen LogP contribution in [0.2, 0.25) is 5.02 Å². The summed E-state index contributed by atoms with van der Waals surface area (Å²) in [7, 11) is 0. The van der Waals surface area contributed by atoms with Gasteiger partial charge in [-0.3, -0.25) is 4.98 Å². The Labute approximate surface area is 116 Å². The monoisotopic (exact) mass is 269 g/mol. The Balaban J connectivity index is 1.89. The van der Waals surface area contributed by atoms with Gasteiger partial charge in [0.2, 0.25) is 0 Å². The van der Waals surface area contributed by atoms with E-state index < -0.39 is 0 Å². The molecular weight excluding hydrogens is 258 g/mol. The highest BCUT2D eigenvalue weighted by Crippen LogP contribution is 2.24. The number of aromatic nitrogens is 1. The zero-order valence-corrected chi connectivity index (χ0v) is 10.9. The maximum Gasteiger partial charge on any atom is 0.0738 e. The highest BCUT2D eigenvalue weighted by molar-refractivity contribution is 6.31. The lowest BCUT2D eigenvalue weighted by Gasteiger charge is -2.11. The number of pyridine rings is 1. The second-order valence-electron chi connectivity index (χ2n) is 4.14. The number of hydrogen-bond donors (Lipinski definition) is 2. The number of fused-ring (bicyclic) bond motifs is 1. The molecule has 0 aliphatic carbocycles. The molecule has 94 valence electrons. The first-order valence-electron chi connectivity index (χ1n) is 5.94. The zero-order valence-electron chi connectivity index (χ0n) is 10.1. The van der Waals surface area contributed by atoms with Crippen molar-refractivity contribution in [2.24, 2.45) is 0 Å². The molecule has 0 radical (unpaired) electrons. The average molecular weight is 270 g/mol. The van der Waals surface area contributed by atoms with Gasteiger partial charge in [-0.1, -0.05) is 29.8 Å². The summed E-state index contributed by atoms with van der Waals surface area (Å²) in [6, 6.07) is 17.5. The van der Waals surface area contributed by atoms with Crippen molar-refractivity contribution < 1.29 is 0 Å². The van der Waals surface area contributed by atoms with Crippen molar-refractivity contribution >= 4 is 33.9 Å². The number of benzene rings is 2. The molecule has 0 unspecified atom stereocenters. The van der Waals surface area contributed by atoms with E-state index in [-0.39, 0.29) is 0 Å². The molecule has 0 fully saturated rings. The van der Waals surface area contributed by atoms with E-state index in [4.69, 9.17) is 11.6 Å². The maximum atomic E-state index is 5.97. The summed E-state index contributed by atoms with van der Waals surface area (Å²) in [5, 5.41) is 1.71. The van der Waals surface area contributed by atoms with E-state index in [2.05, 4.69) is 15.8 Å². The van der Waals surface area contributed by atoms with Crippen LogP contribution in [0.15, 0.2) is 60.8 Å². The predicted octanol–water partition coefficient (Wildman–Crippen LogP) is 4.33. The smallest absolute Gasteiger partial charge is 0.0738 e. The Morgan fingerprint density at radius 2 is 1.74 bits per heavy atom. The van der Waals surface area contributed by atoms with Gasteiger partial charge >= 0.3 is 0 Å². The second kappa shape index (κ2) is 5.16. The molecule has 19 heavy (non-hydrogen) atoms. The number of nitrogens with one attached hydrogen (secondary N) is 2. The van der Waals surface area contributed by atoms with Crippen molar-refractivity contribution in [2.45, 2.75) is 0 Å². The normalized spacial score (nSPS) is 10.4.